The van der Waals surface area contributed by atoms with Gasteiger partial charge in [-0.05, 0) is 49.9 Å². The van der Waals surface area contributed by atoms with Crippen molar-refractivity contribution in [1.82, 2.24) is 10.2 Å². The van der Waals surface area contributed by atoms with Gasteiger partial charge in [-0.15, -0.1) is 0 Å². The first-order valence-electron chi connectivity index (χ1n) is 10.7. The summed E-state index contributed by atoms with van der Waals surface area (Å²) in [5.41, 5.74) is 0. The second-order valence-corrected chi connectivity index (χ2v) is 8.66. The van der Waals surface area contributed by atoms with Gasteiger partial charge in [0.2, 0.25) is 11.8 Å². The highest BCUT2D eigenvalue weighted by atomic mass is 16.2. The van der Waals surface area contributed by atoms with Crippen LogP contribution in [0, 0.1) is 23.7 Å². The van der Waals surface area contributed by atoms with Crippen molar-refractivity contribution in [3.8, 4) is 0 Å². The van der Waals surface area contributed by atoms with E-state index in [-0.39, 0.29) is 11.8 Å². The molecule has 2 saturated carbocycles. The summed E-state index contributed by atoms with van der Waals surface area (Å²) >= 11 is 0. The molecule has 0 bridgehead atoms. The van der Waals surface area contributed by atoms with E-state index >= 15 is 0 Å². The fraction of sp³-hybridized carbons (Fsp3) is 0.905. The molecule has 4 heteroatoms. The number of fused-ring (bicyclic) bond motifs is 1. The Morgan fingerprint density at radius 1 is 1.20 bits per heavy atom. The van der Waals surface area contributed by atoms with Crippen LogP contribution in [0.3, 0.4) is 0 Å². The molecule has 0 spiro atoms. The van der Waals surface area contributed by atoms with E-state index in [2.05, 4.69) is 31.0 Å². The van der Waals surface area contributed by atoms with Crippen LogP contribution in [0.15, 0.2) is 0 Å². The van der Waals surface area contributed by atoms with Crippen LogP contribution >= 0.6 is 0 Å². The summed E-state index contributed by atoms with van der Waals surface area (Å²) in [6.07, 6.45) is 9.90. The lowest BCUT2D eigenvalue weighted by atomic mass is 9.88. The van der Waals surface area contributed by atoms with Crippen molar-refractivity contribution < 1.29 is 9.59 Å². The van der Waals surface area contributed by atoms with E-state index in [1.807, 2.05) is 0 Å². The Hall–Kier alpha value is -1.06. The molecule has 0 unspecified atom stereocenters. The Kier molecular flexibility index (Phi) is 6.06. The van der Waals surface area contributed by atoms with Crippen LogP contribution in [0.5, 0.6) is 0 Å². The summed E-state index contributed by atoms with van der Waals surface area (Å²) in [7, 11) is 0. The zero-order valence-corrected chi connectivity index (χ0v) is 16.3. The van der Waals surface area contributed by atoms with E-state index in [1.165, 1.54) is 32.1 Å². The minimum atomic E-state index is 0.136. The molecule has 3 aliphatic rings. The van der Waals surface area contributed by atoms with Gasteiger partial charge >= 0.3 is 0 Å². The van der Waals surface area contributed by atoms with E-state index in [4.69, 9.17) is 0 Å². The van der Waals surface area contributed by atoms with Gasteiger partial charge in [0, 0.05) is 31.0 Å². The largest absolute Gasteiger partial charge is 0.356 e. The summed E-state index contributed by atoms with van der Waals surface area (Å²) < 4.78 is 0. The molecule has 4 nitrogen and oxygen atoms in total. The summed E-state index contributed by atoms with van der Waals surface area (Å²) in [4.78, 5) is 27.3. The SMILES string of the molecule is CCC(CC)C(=O)NC[C@H]1[C@@H]2CC(=O)N(C3CCCCC3)[C@@H]2C[C@@H]1C. The molecule has 1 saturated heterocycles. The lowest BCUT2D eigenvalue weighted by Gasteiger charge is -2.35. The average molecular weight is 349 g/mol. The molecule has 142 valence electrons. The molecule has 0 aromatic carbocycles. The Labute approximate surface area is 153 Å². The van der Waals surface area contributed by atoms with Crippen molar-refractivity contribution >= 4 is 11.8 Å². The van der Waals surface area contributed by atoms with E-state index in [0.29, 0.717) is 42.2 Å². The van der Waals surface area contributed by atoms with Gasteiger partial charge in [0.25, 0.3) is 0 Å². The van der Waals surface area contributed by atoms with Crippen LogP contribution in [0.25, 0.3) is 0 Å². The lowest BCUT2D eigenvalue weighted by molar-refractivity contribution is -0.132. The Balaban J connectivity index is 1.62. The van der Waals surface area contributed by atoms with Crippen LogP contribution < -0.4 is 5.32 Å². The maximum atomic E-state index is 12.7. The molecule has 0 aromatic heterocycles. The molecule has 3 fully saturated rings. The number of rotatable bonds is 6. The van der Waals surface area contributed by atoms with Crippen molar-refractivity contribution in [3.05, 3.63) is 0 Å². The van der Waals surface area contributed by atoms with Gasteiger partial charge in [-0.1, -0.05) is 40.0 Å². The Morgan fingerprint density at radius 3 is 2.52 bits per heavy atom. The topological polar surface area (TPSA) is 49.4 Å². The molecule has 1 aliphatic heterocycles. The van der Waals surface area contributed by atoms with Crippen molar-refractivity contribution in [1.29, 1.82) is 0 Å². The van der Waals surface area contributed by atoms with Crippen LogP contribution in [-0.4, -0.2) is 35.3 Å². The first-order valence-corrected chi connectivity index (χ1v) is 10.7. The van der Waals surface area contributed by atoms with Crippen molar-refractivity contribution in [3.63, 3.8) is 0 Å². The summed E-state index contributed by atoms with van der Waals surface area (Å²) in [6.45, 7) is 7.23. The van der Waals surface area contributed by atoms with E-state index < -0.39 is 0 Å². The number of hydrogen-bond acceptors (Lipinski definition) is 2. The number of hydrogen-bond donors (Lipinski definition) is 1. The molecule has 1 N–H and O–H groups in total. The van der Waals surface area contributed by atoms with Gasteiger partial charge in [0.1, 0.15) is 0 Å². The molecule has 2 amide bonds. The third-order valence-electron chi connectivity index (χ3n) is 7.28. The molecule has 1 heterocycles. The van der Waals surface area contributed by atoms with Crippen LogP contribution in [0.1, 0.15) is 78.6 Å². The maximum absolute atomic E-state index is 12.7. The van der Waals surface area contributed by atoms with Crippen LogP contribution in [-0.2, 0) is 9.59 Å². The Bertz CT molecular complexity index is 482. The normalized spacial score (nSPS) is 33.1. The molecule has 0 radical (unpaired) electrons. The van der Waals surface area contributed by atoms with Crippen molar-refractivity contribution in [2.24, 2.45) is 23.7 Å². The number of carbonyl (C=O) groups is 2. The number of likely N-dealkylation sites (tertiary alicyclic amines) is 1. The average Bonchev–Trinajstić information content (AvgIpc) is 3.08. The third kappa shape index (κ3) is 3.73. The summed E-state index contributed by atoms with van der Waals surface area (Å²) in [5, 5.41) is 3.21. The van der Waals surface area contributed by atoms with E-state index in [9.17, 15) is 9.59 Å². The molecule has 3 rings (SSSR count). The highest BCUT2D eigenvalue weighted by Crippen LogP contribution is 2.47. The quantitative estimate of drug-likeness (QED) is 0.795. The lowest BCUT2D eigenvalue weighted by Crippen LogP contribution is -2.43. The highest BCUT2D eigenvalue weighted by Gasteiger charge is 2.52. The molecular weight excluding hydrogens is 312 g/mol. The zero-order chi connectivity index (χ0) is 18.0. The van der Waals surface area contributed by atoms with Crippen molar-refractivity contribution in [2.45, 2.75) is 90.6 Å². The molecule has 4 atom stereocenters. The van der Waals surface area contributed by atoms with Gasteiger partial charge in [0.15, 0.2) is 0 Å². The first kappa shape index (κ1) is 18.7. The van der Waals surface area contributed by atoms with Crippen LogP contribution in [0.2, 0.25) is 0 Å². The molecule has 2 aliphatic carbocycles. The fourth-order valence-corrected chi connectivity index (χ4v) is 5.75. The fourth-order valence-electron chi connectivity index (χ4n) is 5.75. The number of nitrogens with zero attached hydrogens (tertiary/aromatic N) is 1. The Morgan fingerprint density at radius 2 is 1.88 bits per heavy atom. The first-order chi connectivity index (χ1) is 12.1. The standard InChI is InChI=1S/C21H36N2O2/c1-4-15(5-2)21(25)22-13-18-14(3)11-19-17(18)12-20(24)23(19)16-9-7-6-8-10-16/h14-19H,4-13H2,1-3H3,(H,22,25)/t14-,17-,18+,19+/m0/s1. The van der Waals surface area contributed by atoms with Gasteiger partial charge in [-0.25, -0.2) is 0 Å². The number of amides is 2. The van der Waals surface area contributed by atoms with Gasteiger partial charge in [-0.3, -0.25) is 9.59 Å². The smallest absolute Gasteiger partial charge is 0.223 e. The highest BCUT2D eigenvalue weighted by molar-refractivity contribution is 5.80. The summed E-state index contributed by atoms with van der Waals surface area (Å²) in [6, 6.07) is 0.919. The van der Waals surface area contributed by atoms with Crippen molar-refractivity contribution in [2.75, 3.05) is 6.54 Å². The predicted molar refractivity (Wildman–Crippen MR) is 100.0 cm³/mol. The zero-order valence-electron chi connectivity index (χ0n) is 16.3. The molecule has 0 aromatic rings. The third-order valence-corrected chi connectivity index (χ3v) is 7.28. The minimum Gasteiger partial charge on any atom is -0.356 e. The minimum absolute atomic E-state index is 0.136. The van der Waals surface area contributed by atoms with Gasteiger partial charge in [0.05, 0.1) is 0 Å². The summed E-state index contributed by atoms with van der Waals surface area (Å²) in [5.74, 6) is 2.22. The molecular formula is C21H36N2O2. The van der Waals surface area contributed by atoms with Gasteiger partial charge in [-0.2, -0.15) is 0 Å². The second kappa shape index (κ2) is 8.09. The predicted octanol–water partition coefficient (Wildman–Crippen LogP) is 3.74. The number of carbonyl (C=O) groups excluding carboxylic acids is 2. The second-order valence-electron chi connectivity index (χ2n) is 8.66. The monoisotopic (exact) mass is 348 g/mol. The van der Waals surface area contributed by atoms with E-state index in [0.717, 1.165) is 25.8 Å². The van der Waals surface area contributed by atoms with Gasteiger partial charge < -0.3 is 10.2 Å². The van der Waals surface area contributed by atoms with E-state index in [1.54, 1.807) is 0 Å². The molecule has 25 heavy (non-hydrogen) atoms. The number of nitrogens with one attached hydrogen (secondary N) is 1. The van der Waals surface area contributed by atoms with Crippen LogP contribution in [0.4, 0.5) is 0 Å². The maximum Gasteiger partial charge on any atom is 0.223 e.